The van der Waals surface area contributed by atoms with Crippen molar-refractivity contribution in [3.8, 4) is 11.5 Å². The molecule has 30 heavy (non-hydrogen) atoms. The van der Waals surface area contributed by atoms with Gasteiger partial charge in [0.25, 0.3) is 10.1 Å². The van der Waals surface area contributed by atoms with Crippen LogP contribution in [0.3, 0.4) is 0 Å². The number of hydrogen-bond acceptors (Lipinski definition) is 8. The Hall–Kier alpha value is -2.63. The molecule has 3 rings (SSSR count). The molecule has 0 aromatic heterocycles. The van der Waals surface area contributed by atoms with Gasteiger partial charge in [-0.3, -0.25) is 4.55 Å². The predicted molar refractivity (Wildman–Crippen MR) is 111 cm³/mol. The van der Waals surface area contributed by atoms with Crippen molar-refractivity contribution in [2.75, 3.05) is 7.11 Å². The zero-order valence-corrected chi connectivity index (χ0v) is 19.0. The van der Waals surface area contributed by atoms with Gasteiger partial charge in [0.2, 0.25) is 0 Å². The average Bonchev–Trinajstić information content (AvgIpc) is 2.71. The molecule has 0 saturated carbocycles. The Balaban J connectivity index is 0.00000320. The Bertz CT molecular complexity index is 1180. The molecule has 0 amide bonds. The number of phenolic OH excluding ortho intramolecular Hbond substituents is 1. The first-order valence-corrected chi connectivity index (χ1v) is 9.67. The van der Waals surface area contributed by atoms with Crippen molar-refractivity contribution in [3.63, 3.8) is 0 Å². The van der Waals surface area contributed by atoms with Gasteiger partial charge in [-0.15, -0.1) is 5.11 Å². The third kappa shape index (κ3) is 6.44. The van der Waals surface area contributed by atoms with E-state index >= 15 is 0 Å². The Kier molecular flexibility index (Phi) is 8.21. The largest absolute Gasteiger partial charge is 0.508 e. The third-order valence-electron chi connectivity index (χ3n) is 3.68. The minimum absolute atomic E-state index is 0. The van der Waals surface area contributed by atoms with Crippen molar-refractivity contribution in [1.29, 1.82) is 0 Å². The maximum absolute atomic E-state index is 11.2. The van der Waals surface area contributed by atoms with Crippen LogP contribution in [0.15, 0.2) is 92.1 Å². The number of phenols is 1. The van der Waals surface area contributed by atoms with Crippen molar-refractivity contribution in [2.45, 2.75) is 4.90 Å². The van der Waals surface area contributed by atoms with E-state index in [1.165, 1.54) is 37.4 Å². The van der Waals surface area contributed by atoms with E-state index in [1.54, 1.807) is 36.4 Å². The molecule has 0 aliphatic carbocycles. The summed E-state index contributed by atoms with van der Waals surface area (Å²) >= 11 is 0. The molecule has 0 bridgehead atoms. The molecule has 0 atom stereocenters. The summed E-state index contributed by atoms with van der Waals surface area (Å²) in [5.41, 5.74) is 1.73. The molecule has 1 radical (unpaired) electrons. The number of methoxy groups -OCH3 is 1. The first-order chi connectivity index (χ1) is 13.8. The third-order valence-corrected chi connectivity index (χ3v) is 4.53. The Morgan fingerprint density at radius 2 is 1.40 bits per heavy atom. The molecule has 2 N–H and O–H groups in total. The minimum Gasteiger partial charge on any atom is -0.508 e. The van der Waals surface area contributed by atoms with Gasteiger partial charge in [0.15, 0.2) is 0 Å². The SMILES string of the molecule is COc1cc(N=Nc2cccc(S(=O)(=O)O)c2)ccc1N=Nc1ccc(O)cc1.[Na]. The average molecular weight is 435 g/mol. The summed E-state index contributed by atoms with van der Waals surface area (Å²) in [6.07, 6.45) is 0. The summed E-state index contributed by atoms with van der Waals surface area (Å²) in [7, 11) is -2.84. The fourth-order valence-corrected chi connectivity index (χ4v) is 2.78. The van der Waals surface area contributed by atoms with Crippen LogP contribution in [0.1, 0.15) is 0 Å². The van der Waals surface area contributed by atoms with Crippen molar-refractivity contribution in [2.24, 2.45) is 20.5 Å². The second-order valence-electron chi connectivity index (χ2n) is 5.74. The number of azo groups is 2. The summed E-state index contributed by atoms with van der Waals surface area (Å²) < 4.78 is 36.8. The second kappa shape index (κ2) is 10.4. The monoisotopic (exact) mass is 435 g/mol. The van der Waals surface area contributed by atoms with Gasteiger partial charge in [-0.05, 0) is 54.6 Å². The molecule has 0 heterocycles. The van der Waals surface area contributed by atoms with Gasteiger partial charge in [-0.2, -0.15) is 23.8 Å². The minimum atomic E-state index is -4.31. The molecule has 0 aliphatic rings. The van der Waals surface area contributed by atoms with Gasteiger partial charge in [0, 0.05) is 35.6 Å². The standard InChI is InChI=1S/C19H16N4O5S.Na/c1-28-19-12-15(22-21-14-3-2-4-17(11-14)29(25,26)27)7-10-18(19)23-20-13-5-8-16(24)9-6-13;/h2-12,24H,1H3,(H,25,26,27);. The van der Waals surface area contributed by atoms with Gasteiger partial charge >= 0.3 is 0 Å². The smallest absolute Gasteiger partial charge is 0.294 e. The quantitative estimate of drug-likeness (QED) is 0.316. The topological polar surface area (TPSA) is 133 Å². The Morgan fingerprint density at radius 1 is 0.800 bits per heavy atom. The van der Waals surface area contributed by atoms with E-state index in [4.69, 9.17) is 9.29 Å². The van der Waals surface area contributed by atoms with Crippen LogP contribution in [0.4, 0.5) is 22.7 Å². The summed E-state index contributed by atoms with van der Waals surface area (Å²) in [5, 5.41) is 25.5. The van der Waals surface area contributed by atoms with Gasteiger partial charge in [-0.1, -0.05) is 6.07 Å². The van der Waals surface area contributed by atoms with Gasteiger partial charge in [0.05, 0.1) is 29.1 Å². The van der Waals surface area contributed by atoms with Crippen LogP contribution < -0.4 is 4.74 Å². The van der Waals surface area contributed by atoms with Crippen molar-refractivity contribution >= 4 is 62.4 Å². The number of benzene rings is 3. The maximum atomic E-state index is 11.2. The summed E-state index contributed by atoms with van der Waals surface area (Å²) in [4.78, 5) is -0.267. The molecule has 11 heteroatoms. The molecular weight excluding hydrogens is 419 g/mol. The van der Waals surface area contributed by atoms with Crippen LogP contribution in [0.25, 0.3) is 0 Å². The van der Waals surface area contributed by atoms with Gasteiger partial charge < -0.3 is 9.84 Å². The molecule has 0 fully saturated rings. The van der Waals surface area contributed by atoms with Crippen LogP contribution in [-0.4, -0.2) is 54.7 Å². The molecule has 149 valence electrons. The predicted octanol–water partition coefficient (Wildman–Crippen LogP) is 5.10. The molecule has 3 aromatic rings. The fourth-order valence-electron chi connectivity index (χ4n) is 2.26. The molecule has 0 unspecified atom stereocenters. The van der Waals surface area contributed by atoms with Crippen molar-refractivity contribution in [1.82, 2.24) is 0 Å². The first-order valence-electron chi connectivity index (χ1n) is 8.23. The fraction of sp³-hybridized carbons (Fsp3) is 0.0526. The zero-order chi connectivity index (χ0) is 20.9. The van der Waals surface area contributed by atoms with Crippen LogP contribution in [0, 0.1) is 0 Å². The van der Waals surface area contributed by atoms with Crippen LogP contribution >= 0.6 is 0 Å². The summed E-state index contributed by atoms with van der Waals surface area (Å²) in [5.74, 6) is 0.550. The van der Waals surface area contributed by atoms with E-state index < -0.39 is 10.1 Å². The number of ether oxygens (including phenoxy) is 1. The van der Waals surface area contributed by atoms with Crippen molar-refractivity contribution in [3.05, 3.63) is 66.7 Å². The first kappa shape index (κ1) is 23.6. The van der Waals surface area contributed by atoms with E-state index in [0.717, 1.165) is 0 Å². The number of aromatic hydroxyl groups is 1. The van der Waals surface area contributed by atoms with Gasteiger partial charge in [0.1, 0.15) is 17.2 Å². The number of nitrogens with zero attached hydrogens (tertiary/aromatic N) is 4. The molecular formula is C19H16N4NaO5S. The van der Waals surface area contributed by atoms with E-state index in [1.807, 2.05) is 0 Å². The summed E-state index contributed by atoms with van der Waals surface area (Å²) in [6, 6.07) is 16.6. The van der Waals surface area contributed by atoms with Crippen molar-refractivity contribution < 1.29 is 22.8 Å². The molecule has 3 aromatic carbocycles. The van der Waals surface area contributed by atoms with Crippen LogP contribution in [0.2, 0.25) is 0 Å². The molecule has 0 spiro atoms. The normalized spacial score (nSPS) is 11.5. The molecule has 0 saturated heterocycles. The van der Waals surface area contributed by atoms with E-state index in [0.29, 0.717) is 22.8 Å². The Morgan fingerprint density at radius 3 is 2.03 bits per heavy atom. The molecule has 9 nitrogen and oxygen atoms in total. The van der Waals surface area contributed by atoms with E-state index in [-0.39, 0.29) is 45.9 Å². The number of rotatable bonds is 6. The second-order valence-corrected chi connectivity index (χ2v) is 7.17. The molecule has 0 aliphatic heterocycles. The van der Waals surface area contributed by atoms with Gasteiger partial charge in [-0.25, -0.2) is 0 Å². The van der Waals surface area contributed by atoms with E-state index in [2.05, 4.69) is 20.5 Å². The number of hydrogen-bond donors (Lipinski definition) is 2. The van der Waals surface area contributed by atoms with E-state index in [9.17, 15) is 13.5 Å². The zero-order valence-electron chi connectivity index (χ0n) is 16.2. The van der Waals surface area contributed by atoms with Crippen LogP contribution in [0.5, 0.6) is 11.5 Å². The Labute approximate surface area is 195 Å². The van der Waals surface area contributed by atoms with Crippen LogP contribution in [-0.2, 0) is 10.1 Å². The summed E-state index contributed by atoms with van der Waals surface area (Å²) in [6.45, 7) is 0. The maximum Gasteiger partial charge on any atom is 0.294 e.